The lowest BCUT2D eigenvalue weighted by molar-refractivity contribution is -0.112. The molecule has 0 radical (unpaired) electrons. The van der Waals surface area contributed by atoms with Gasteiger partial charge in [-0.15, -0.1) is 0 Å². The molecule has 0 unspecified atom stereocenters. The van der Waals surface area contributed by atoms with Gasteiger partial charge >= 0.3 is 0 Å². The number of aromatic nitrogens is 1. The number of phenols is 3. The number of fused-ring (bicyclic) bond motifs is 5. The van der Waals surface area contributed by atoms with Crippen molar-refractivity contribution in [1.82, 2.24) is 4.98 Å². The first-order valence-electron chi connectivity index (χ1n) is 24.4. The van der Waals surface area contributed by atoms with Gasteiger partial charge in [-0.2, -0.15) is 12.4 Å². The fraction of sp³-hybridized carbons (Fsp3) is 0.547. The maximum atomic E-state index is 13.6. The van der Waals surface area contributed by atoms with Crippen LogP contribution in [-0.4, -0.2) is 91.3 Å². The molecule has 11 nitrogen and oxygen atoms in total. The van der Waals surface area contributed by atoms with Gasteiger partial charge in [-0.25, -0.2) is 0 Å². The summed E-state index contributed by atoms with van der Waals surface area (Å²) in [4.78, 5) is 4.61. The molecule has 1 aromatic heterocycles. The Morgan fingerprint density at radius 1 is 0.926 bits per heavy atom. The number of nitrogens with zero attached hydrogens (tertiary/aromatic N) is 1. The van der Waals surface area contributed by atoms with Crippen LogP contribution < -0.4 is 23.9 Å². The lowest BCUT2D eigenvalue weighted by Crippen LogP contribution is -2.57. The van der Waals surface area contributed by atoms with Crippen LogP contribution in [0, 0.1) is 11.8 Å². The number of allylic oxidation sites excluding steroid dienone is 1. The van der Waals surface area contributed by atoms with Crippen molar-refractivity contribution in [3.63, 3.8) is 0 Å². The summed E-state index contributed by atoms with van der Waals surface area (Å²) in [5, 5.41) is 71.6. The molecule has 6 heterocycles. The lowest BCUT2D eigenvalue weighted by atomic mass is 9.56. The van der Waals surface area contributed by atoms with E-state index in [2.05, 4.69) is 24.9 Å². The van der Waals surface area contributed by atoms with Crippen molar-refractivity contribution in [2.45, 2.75) is 129 Å². The first-order valence-corrected chi connectivity index (χ1v) is 29.0. The minimum absolute atomic E-state index is 0.0000732. The molecule has 3 aromatic carbocycles. The van der Waals surface area contributed by atoms with Gasteiger partial charge in [0, 0.05) is 55.1 Å². The zero-order chi connectivity index (χ0) is 47.1. The van der Waals surface area contributed by atoms with Crippen molar-refractivity contribution < 1.29 is 49.6 Å². The Balaban J connectivity index is 1.19. The number of hydrogen-bond donors (Lipinski definition) is 6. The van der Waals surface area contributed by atoms with Gasteiger partial charge in [0.2, 0.25) is 11.5 Å². The van der Waals surface area contributed by atoms with Crippen LogP contribution in [0.15, 0.2) is 54.4 Å². The van der Waals surface area contributed by atoms with Gasteiger partial charge in [-0.05, 0) is 127 Å². The van der Waals surface area contributed by atoms with Crippen molar-refractivity contribution >= 4 is 48.7 Å². The van der Waals surface area contributed by atoms with E-state index in [4.69, 9.17) is 18.9 Å². The SMILES string of the molecule is COc1c(O)c(OCCC(C)C)cc([C@@]23CC[C@H]4SS[C@@H]5C[C@@H]6CC[C@@H]7c8cc(O)ccc8-c8c(OCCO)cc(c(c8[C@]7(CO)CSSC7(CCCC7)C5=C(c5cc[n-]c5)C6)[C@@H]4[C@H]2O)O3)c1O. The van der Waals surface area contributed by atoms with E-state index in [-0.39, 0.29) is 75.3 Å². The summed E-state index contributed by atoms with van der Waals surface area (Å²) in [5.41, 5.74) is 6.36. The van der Waals surface area contributed by atoms with E-state index >= 15 is 0 Å². The van der Waals surface area contributed by atoms with E-state index in [0.29, 0.717) is 48.5 Å². The molecule has 8 bridgehead atoms. The number of methoxy groups -OCH3 is 1. The fourth-order valence-electron chi connectivity index (χ4n) is 13.3. The second kappa shape index (κ2) is 18.3. The first kappa shape index (κ1) is 46.9. The Bertz CT molecular complexity index is 2600. The van der Waals surface area contributed by atoms with Gasteiger partial charge in [0.25, 0.3) is 0 Å². The number of aromatic hydroxyl groups is 3. The lowest BCUT2D eigenvalue weighted by Gasteiger charge is -2.55. The molecule has 364 valence electrons. The van der Waals surface area contributed by atoms with Crippen LogP contribution in [0.3, 0.4) is 0 Å². The predicted octanol–water partition coefficient (Wildman–Crippen LogP) is 10.6. The molecule has 6 N–H and O–H groups in total. The third-order valence-electron chi connectivity index (χ3n) is 16.4. The van der Waals surface area contributed by atoms with Crippen molar-refractivity contribution in [1.29, 1.82) is 0 Å². The van der Waals surface area contributed by atoms with E-state index < -0.39 is 23.0 Å². The summed E-state index contributed by atoms with van der Waals surface area (Å²) >= 11 is 0. The molecule has 15 heteroatoms. The second-order valence-electron chi connectivity index (χ2n) is 20.5. The Morgan fingerprint density at radius 3 is 2.50 bits per heavy atom. The number of aliphatic hydroxyl groups is 3. The number of ether oxygens (including phenoxy) is 4. The highest BCUT2D eigenvalue weighted by Crippen LogP contribution is 2.70. The smallest absolute Gasteiger partial charge is 0.207 e. The normalized spacial score (nSPS) is 29.9. The largest absolute Gasteiger partial charge is 0.670 e. The zero-order valence-electron chi connectivity index (χ0n) is 38.9. The fourth-order valence-corrected chi connectivity index (χ4v) is 21.1. The summed E-state index contributed by atoms with van der Waals surface area (Å²) < 4.78 is 25.8. The highest BCUT2D eigenvalue weighted by atomic mass is 33.1. The molecule has 4 aliphatic carbocycles. The number of phenolic OH excluding ortho intramolecular Hbond substituents is 3. The zero-order valence-corrected chi connectivity index (χ0v) is 42.1. The summed E-state index contributed by atoms with van der Waals surface area (Å²) in [6.45, 7) is 4.07. The van der Waals surface area contributed by atoms with Crippen molar-refractivity contribution in [3.05, 3.63) is 82.2 Å². The van der Waals surface area contributed by atoms with E-state index in [0.717, 1.165) is 85.6 Å². The maximum Gasteiger partial charge on any atom is 0.207 e. The topological polar surface area (TPSA) is 172 Å². The maximum absolute atomic E-state index is 13.6. The molecule has 0 amide bonds. The quantitative estimate of drug-likeness (QED) is 0.0784. The van der Waals surface area contributed by atoms with E-state index in [1.165, 1.54) is 18.2 Å². The third kappa shape index (κ3) is 7.35. The number of hydrogen-bond acceptors (Lipinski definition) is 14. The number of rotatable bonds is 11. The molecule has 5 aliphatic heterocycles. The molecular formula is C53H62NO10S4-. The molecule has 2 saturated carbocycles. The van der Waals surface area contributed by atoms with Crippen molar-refractivity contribution in [2.24, 2.45) is 11.8 Å². The third-order valence-corrected chi connectivity index (χ3v) is 23.1. The summed E-state index contributed by atoms with van der Waals surface area (Å²) in [6.07, 6.45) is 12.5. The van der Waals surface area contributed by atoms with Gasteiger partial charge in [0.05, 0.1) is 26.9 Å². The Morgan fingerprint density at radius 2 is 1.75 bits per heavy atom. The molecule has 68 heavy (non-hydrogen) atoms. The molecule has 8 atom stereocenters. The molecule has 9 aliphatic rings. The van der Waals surface area contributed by atoms with Gasteiger partial charge in [-0.3, -0.25) is 0 Å². The predicted molar refractivity (Wildman–Crippen MR) is 272 cm³/mol. The van der Waals surface area contributed by atoms with Crippen LogP contribution in [0.1, 0.15) is 124 Å². The summed E-state index contributed by atoms with van der Waals surface area (Å²) in [7, 11) is 9.07. The second-order valence-corrected chi connectivity index (χ2v) is 25.9. The Hall–Kier alpha value is -3.44. The van der Waals surface area contributed by atoms with Crippen LogP contribution in [0.2, 0.25) is 0 Å². The molecular weight excluding hydrogens is 939 g/mol. The van der Waals surface area contributed by atoms with Crippen LogP contribution in [0.25, 0.3) is 16.7 Å². The van der Waals surface area contributed by atoms with Crippen molar-refractivity contribution in [2.75, 3.05) is 39.3 Å². The van der Waals surface area contributed by atoms with Crippen LogP contribution in [-0.2, 0) is 11.0 Å². The standard InChI is InChI=1S/C53H62NO10S4/c1-28(2)12-18-62-39-23-36(47(58)49(61-3)48(39)59)53-15-10-40-44(50(53)60)43-38(64-53)24-37(63-19-17-55)42-32-8-7-31(57)22-34(32)35-9-6-29-20-33(30-11-16-54-25-30)45(41(21-29)67-66-40)52(13-4-5-14-52)68-65-27-51(35,26-56)46(42)43/h7-8,11,16,22-25,28-29,35,40-41,44,50,55-60H,4-6,9-10,12-15,17-21,26-27H2,1-3H3/q-1/t29-,35-,40-,41-,44-,50-,51-,53+/m1/s1. The molecule has 1 saturated heterocycles. The average Bonchev–Trinajstić information content (AvgIpc) is 4.04. The van der Waals surface area contributed by atoms with Crippen molar-refractivity contribution in [3.8, 4) is 51.4 Å². The molecule has 3 fully saturated rings. The molecule has 13 rings (SSSR count). The average molecular weight is 1000 g/mol. The van der Waals surface area contributed by atoms with Gasteiger partial charge in [0.1, 0.15) is 30.0 Å². The monoisotopic (exact) mass is 1000 g/mol. The van der Waals surface area contributed by atoms with Gasteiger partial charge in [0.15, 0.2) is 17.1 Å². The van der Waals surface area contributed by atoms with E-state index in [1.807, 2.05) is 73.8 Å². The number of aliphatic hydroxyl groups excluding tert-OH is 3. The number of benzene rings is 3. The van der Waals surface area contributed by atoms with E-state index in [9.17, 15) is 30.6 Å². The minimum atomic E-state index is -1.53. The molecule has 1 spiro atoms. The first-order chi connectivity index (χ1) is 33.0. The van der Waals surface area contributed by atoms with E-state index in [1.54, 1.807) is 17.7 Å². The summed E-state index contributed by atoms with van der Waals surface area (Å²) in [6, 6.07) is 11.2. The minimum Gasteiger partial charge on any atom is -0.670 e. The van der Waals surface area contributed by atoms with Gasteiger partial charge < -0.3 is 54.6 Å². The van der Waals surface area contributed by atoms with Crippen LogP contribution in [0.5, 0.6) is 40.2 Å². The van der Waals surface area contributed by atoms with Crippen LogP contribution in [0.4, 0.5) is 0 Å². The van der Waals surface area contributed by atoms with Crippen LogP contribution >= 0.6 is 43.2 Å². The highest BCUT2D eigenvalue weighted by Gasteiger charge is 2.62. The Labute approximate surface area is 414 Å². The molecule has 4 aromatic rings. The Kier molecular flexibility index (Phi) is 12.6. The van der Waals surface area contributed by atoms with Gasteiger partial charge in [-0.1, -0.05) is 82.0 Å². The highest BCUT2D eigenvalue weighted by molar-refractivity contribution is 8.77. The summed E-state index contributed by atoms with van der Waals surface area (Å²) in [5.74, 6) is 0.864.